The molecule has 1 aromatic carbocycles. The molecule has 0 aromatic heterocycles. The van der Waals surface area contributed by atoms with E-state index in [-0.39, 0.29) is 12.2 Å². The predicted molar refractivity (Wildman–Crippen MR) is 51.4 cm³/mol. The number of carbonyl (C=O) groups excluding carboxylic acids is 1. The molecule has 0 saturated heterocycles. The van der Waals surface area contributed by atoms with Crippen LogP contribution in [0.1, 0.15) is 25.3 Å². The second-order valence-electron chi connectivity index (χ2n) is 3.24. The molecule has 0 fully saturated rings. The Labute approximate surface area is 91.0 Å². The first-order valence-corrected chi connectivity index (χ1v) is 4.79. The molecule has 0 bridgehead atoms. The van der Waals surface area contributed by atoms with Gasteiger partial charge in [0.05, 0.1) is 12.5 Å². The van der Waals surface area contributed by atoms with Crippen LogP contribution < -0.4 is 0 Å². The van der Waals surface area contributed by atoms with Crippen LogP contribution >= 0.6 is 0 Å². The summed E-state index contributed by atoms with van der Waals surface area (Å²) in [5, 5.41) is 0. The third-order valence-corrected chi connectivity index (χ3v) is 2.17. The third kappa shape index (κ3) is 2.35. The van der Waals surface area contributed by atoms with E-state index < -0.39 is 29.3 Å². The third-order valence-electron chi connectivity index (χ3n) is 2.17. The lowest BCUT2D eigenvalue weighted by molar-refractivity contribution is -0.144. The Kier molecular flexibility index (Phi) is 3.93. The molecule has 0 saturated carbocycles. The topological polar surface area (TPSA) is 26.3 Å². The Morgan fingerprint density at radius 1 is 1.31 bits per heavy atom. The van der Waals surface area contributed by atoms with Gasteiger partial charge in [0.2, 0.25) is 0 Å². The molecule has 0 heterocycles. The summed E-state index contributed by atoms with van der Waals surface area (Å²) in [5.41, 5.74) is -0.211. The van der Waals surface area contributed by atoms with E-state index in [2.05, 4.69) is 4.74 Å². The van der Waals surface area contributed by atoms with Crippen molar-refractivity contribution in [2.75, 3.05) is 6.61 Å². The van der Waals surface area contributed by atoms with Crippen LogP contribution in [0.3, 0.4) is 0 Å². The van der Waals surface area contributed by atoms with Crippen molar-refractivity contribution in [2.24, 2.45) is 0 Å². The zero-order chi connectivity index (χ0) is 12.3. The van der Waals surface area contributed by atoms with Gasteiger partial charge in [0.15, 0.2) is 17.5 Å². The van der Waals surface area contributed by atoms with Gasteiger partial charge in [-0.2, -0.15) is 0 Å². The monoisotopic (exact) mass is 232 g/mol. The van der Waals surface area contributed by atoms with Crippen molar-refractivity contribution in [1.82, 2.24) is 0 Å². The number of rotatable bonds is 3. The largest absolute Gasteiger partial charge is 0.466 e. The molecule has 5 heteroatoms. The molecule has 16 heavy (non-hydrogen) atoms. The summed E-state index contributed by atoms with van der Waals surface area (Å²) >= 11 is 0. The Morgan fingerprint density at radius 3 is 2.50 bits per heavy atom. The van der Waals surface area contributed by atoms with E-state index in [1.54, 1.807) is 6.92 Å². The highest BCUT2D eigenvalue weighted by Crippen LogP contribution is 2.23. The second-order valence-corrected chi connectivity index (χ2v) is 3.24. The van der Waals surface area contributed by atoms with E-state index in [0.717, 1.165) is 12.1 Å². The summed E-state index contributed by atoms with van der Waals surface area (Å²) in [5.74, 6) is -5.84. The van der Waals surface area contributed by atoms with Gasteiger partial charge in [0.1, 0.15) is 0 Å². The van der Waals surface area contributed by atoms with Crippen molar-refractivity contribution < 1.29 is 22.7 Å². The molecule has 0 N–H and O–H groups in total. The molecule has 0 aliphatic heterocycles. The van der Waals surface area contributed by atoms with Gasteiger partial charge in [-0.3, -0.25) is 4.79 Å². The molecule has 0 aliphatic rings. The van der Waals surface area contributed by atoms with Gasteiger partial charge in [-0.1, -0.05) is 6.07 Å². The molecule has 0 aliphatic carbocycles. The number of ether oxygens (including phenoxy) is 1. The summed E-state index contributed by atoms with van der Waals surface area (Å²) in [6.45, 7) is 3.12. The molecule has 1 atom stereocenters. The number of hydrogen-bond donors (Lipinski definition) is 0. The first-order chi connectivity index (χ1) is 7.49. The zero-order valence-corrected chi connectivity index (χ0v) is 8.89. The summed E-state index contributed by atoms with van der Waals surface area (Å²) < 4.78 is 43.5. The molecule has 1 rings (SSSR count). The van der Waals surface area contributed by atoms with Gasteiger partial charge < -0.3 is 4.74 Å². The number of benzene rings is 1. The fraction of sp³-hybridized carbons (Fsp3) is 0.364. The smallest absolute Gasteiger partial charge is 0.313 e. The van der Waals surface area contributed by atoms with Crippen LogP contribution in [0.5, 0.6) is 0 Å². The maximum Gasteiger partial charge on any atom is 0.313 e. The van der Waals surface area contributed by atoms with Gasteiger partial charge in [-0.25, -0.2) is 13.2 Å². The summed E-state index contributed by atoms with van der Waals surface area (Å²) in [7, 11) is 0. The lowest BCUT2D eigenvalue weighted by atomic mass is 10.0. The van der Waals surface area contributed by atoms with Gasteiger partial charge in [-0.05, 0) is 19.9 Å². The van der Waals surface area contributed by atoms with E-state index in [0.29, 0.717) is 0 Å². The molecular weight excluding hydrogens is 221 g/mol. The van der Waals surface area contributed by atoms with E-state index in [9.17, 15) is 18.0 Å². The molecular formula is C11H11F3O2. The van der Waals surface area contributed by atoms with Crippen molar-refractivity contribution in [3.63, 3.8) is 0 Å². The Balaban J connectivity index is 3.05. The normalized spacial score (nSPS) is 12.3. The van der Waals surface area contributed by atoms with Crippen LogP contribution in [-0.4, -0.2) is 12.6 Å². The maximum absolute atomic E-state index is 13.3. The van der Waals surface area contributed by atoms with Crippen LogP contribution in [-0.2, 0) is 9.53 Å². The summed E-state index contributed by atoms with van der Waals surface area (Å²) in [6.07, 6.45) is 0. The Bertz CT molecular complexity index is 404. The summed E-state index contributed by atoms with van der Waals surface area (Å²) in [4.78, 5) is 11.3. The maximum atomic E-state index is 13.3. The highest BCUT2D eigenvalue weighted by atomic mass is 19.2. The van der Waals surface area contributed by atoms with E-state index in [4.69, 9.17) is 0 Å². The average Bonchev–Trinajstić information content (AvgIpc) is 2.26. The average molecular weight is 232 g/mol. The number of halogens is 3. The molecule has 0 spiro atoms. The first kappa shape index (κ1) is 12.5. The number of esters is 1. The summed E-state index contributed by atoms with van der Waals surface area (Å²) in [6, 6.07) is 1.82. The van der Waals surface area contributed by atoms with Crippen molar-refractivity contribution in [3.8, 4) is 0 Å². The zero-order valence-electron chi connectivity index (χ0n) is 8.89. The minimum absolute atomic E-state index is 0.147. The lowest BCUT2D eigenvalue weighted by Gasteiger charge is -2.12. The van der Waals surface area contributed by atoms with Gasteiger partial charge in [0.25, 0.3) is 0 Å². The lowest BCUT2D eigenvalue weighted by Crippen LogP contribution is -2.15. The van der Waals surface area contributed by atoms with Crippen LogP contribution in [0.4, 0.5) is 13.2 Å². The van der Waals surface area contributed by atoms with E-state index in [1.165, 1.54) is 6.92 Å². The van der Waals surface area contributed by atoms with Crippen LogP contribution in [0.25, 0.3) is 0 Å². The highest BCUT2D eigenvalue weighted by molar-refractivity contribution is 5.77. The van der Waals surface area contributed by atoms with E-state index in [1.807, 2.05) is 0 Å². The molecule has 1 unspecified atom stereocenters. The van der Waals surface area contributed by atoms with Crippen molar-refractivity contribution in [1.29, 1.82) is 0 Å². The Hall–Kier alpha value is -1.52. The van der Waals surface area contributed by atoms with Crippen LogP contribution in [0, 0.1) is 17.5 Å². The number of carbonyl (C=O) groups is 1. The van der Waals surface area contributed by atoms with E-state index >= 15 is 0 Å². The standard InChI is InChI=1S/C11H11F3O2/c1-3-16-11(15)6(2)7-4-5-8(12)10(14)9(7)13/h4-6H,3H2,1-2H3. The molecule has 0 amide bonds. The minimum atomic E-state index is -1.58. The second kappa shape index (κ2) is 5.01. The SMILES string of the molecule is CCOC(=O)C(C)c1ccc(F)c(F)c1F. The molecule has 88 valence electrons. The fourth-order valence-electron chi connectivity index (χ4n) is 1.27. The van der Waals surface area contributed by atoms with Crippen molar-refractivity contribution in [3.05, 3.63) is 35.1 Å². The predicted octanol–water partition coefficient (Wildman–Crippen LogP) is 2.77. The quantitative estimate of drug-likeness (QED) is 0.591. The van der Waals surface area contributed by atoms with Crippen molar-refractivity contribution in [2.45, 2.75) is 19.8 Å². The minimum Gasteiger partial charge on any atom is -0.466 e. The number of hydrogen-bond acceptors (Lipinski definition) is 2. The molecule has 0 radical (unpaired) electrons. The van der Waals surface area contributed by atoms with Gasteiger partial charge in [0, 0.05) is 5.56 Å². The molecule has 2 nitrogen and oxygen atoms in total. The fourth-order valence-corrected chi connectivity index (χ4v) is 1.27. The van der Waals surface area contributed by atoms with Crippen LogP contribution in [0.2, 0.25) is 0 Å². The Morgan fingerprint density at radius 2 is 1.94 bits per heavy atom. The van der Waals surface area contributed by atoms with Crippen LogP contribution in [0.15, 0.2) is 12.1 Å². The highest BCUT2D eigenvalue weighted by Gasteiger charge is 2.23. The first-order valence-electron chi connectivity index (χ1n) is 4.79. The van der Waals surface area contributed by atoms with Gasteiger partial charge >= 0.3 is 5.97 Å². The van der Waals surface area contributed by atoms with Gasteiger partial charge in [-0.15, -0.1) is 0 Å². The molecule has 1 aromatic rings. The van der Waals surface area contributed by atoms with Crippen molar-refractivity contribution >= 4 is 5.97 Å².